The van der Waals surface area contributed by atoms with E-state index in [-0.39, 0.29) is 6.09 Å². The number of carbonyl (C=O) groups excluding carboxylic acids is 1. The molecule has 3 N–H and O–H groups in total. The zero-order valence-corrected chi connectivity index (χ0v) is 15.1. The number of ether oxygens (including phenoxy) is 1. The molecule has 1 saturated carbocycles. The Labute approximate surface area is 140 Å². The second-order valence-electron chi connectivity index (χ2n) is 8.46. The first-order valence-corrected chi connectivity index (χ1v) is 9.14. The van der Waals surface area contributed by atoms with Crippen molar-refractivity contribution in [3.05, 3.63) is 0 Å². The Bertz CT molecular complexity index is 411. The van der Waals surface area contributed by atoms with Gasteiger partial charge in [0.1, 0.15) is 11.2 Å². The van der Waals surface area contributed by atoms with Crippen molar-refractivity contribution < 1.29 is 14.6 Å². The number of carbonyl (C=O) groups is 1. The Balaban J connectivity index is 2.09. The quantitative estimate of drug-likeness (QED) is 0.776. The van der Waals surface area contributed by atoms with Crippen molar-refractivity contribution in [2.24, 2.45) is 5.73 Å². The number of rotatable bonds is 1. The Kier molecular flexibility index (Phi) is 5.62. The largest absolute Gasteiger partial charge is 0.444 e. The van der Waals surface area contributed by atoms with Gasteiger partial charge < -0.3 is 20.5 Å². The first kappa shape index (κ1) is 18.5. The number of nitrogens with zero attached hydrogens (tertiary/aromatic N) is 1. The lowest BCUT2D eigenvalue weighted by atomic mass is 9.69. The zero-order chi connectivity index (χ0) is 17.1. The third kappa shape index (κ3) is 4.60. The van der Waals surface area contributed by atoms with Crippen LogP contribution >= 0.6 is 0 Å². The van der Waals surface area contributed by atoms with Crippen molar-refractivity contribution in [2.75, 3.05) is 13.1 Å². The van der Waals surface area contributed by atoms with E-state index in [1.807, 2.05) is 20.8 Å². The minimum absolute atomic E-state index is 0.290. The monoisotopic (exact) mass is 326 g/mol. The van der Waals surface area contributed by atoms with Gasteiger partial charge in [-0.15, -0.1) is 0 Å². The number of piperidine rings is 1. The minimum Gasteiger partial charge on any atom is -0.444 e. The third-order valence-corrected chi connectivity index (χ3v) is 5.30. The highest BCUT2D eigenvalue weighted by molar-refractivity contribution is 5.68. The number of hydrogen-bond donors (Lipinski definition) is 2. The van der Waals surface area contributed by atoms with Crippen LogP contribution in [0.3, 0.4) is 0 Å². The predicted octanol–water partition coefficient (Wildman–Crippen LogP) is 3.19. The number of aliphatic hydroxyl groups is 1. The summed E-state index contributed by atoms with van der Waals surface area (Å²) in [5, 5.41) is 11.3. The van der Waals surface area contributed by atoms with Crippen LogP contribution in [0.1, 0.15) is 78.6 Å². The summed E-state index contributed by atoms with van der Waals surface area (Å²) >= 11 is 0. The predicted molar refractivity (Wildman–Crippen MR) is 91.2 cm³/mol. The highest BCUT2D eigenvalue weighted by Crippen LogP contribution is 2.38. The van der Waals surface area contributed by atoms with Gasteiger partial charge in [0.25, 0.3) is 0 Å². The summed E-state index contributed by atoms with van der Waals surface area (Å²) in [6.45, 7) is 6.51. The SMILES string of the molecule is CC(C)(C)OC(=O)N1CCCC(O)(C2(N)CCCCCCC2)C1. The molecule has 1 aliphatic heterocycles. The summed E-state index contributed by atoms with van der Waals surface area (Å²) in [7, 11) is 0. The molecule has 0 radical (unpaired) electrons. The minimum atomic E-state index is -1.00. The van der Waals surface area contributed by atoms with E-state index in [0.29, 0.717) is 19.5 Å². The molecule has 2 aliphatic rings. The second kappa shape index (κ2) is 6.98. The van der Waals surface area contributed by atoms with Crippen LogP contribution < -0.4 is 5.73 Å². The summed E-state index contributed by atoms with van der Waals surface area (Å²) in [5.41, 5.74) is 4.59. The maximum Gasteiger partial charge on any atom is 0.410 e. The molecule has 0 spiro atoms. The van der Waals surface area contributed by atoms with Gasteiger partial charge in [0.2, 0.25) is 0 Å². The van der Waals surface area contributed by atoms with E-state index in [9.17, 15) is 9.90 Å². The Morgan fingerprint density at radius 3 is 2.17 bits per heavy atom. The van der Waals surface area contributed by atoms with Crippen LogP contribution in [0, 0.1) is 0 Å². The van der Waals surface area contributed by atoms with E-state index >= 15 is 0 Å². The van der Waals surface area contributed by atoms with E-state index in [0.717, 1.165) is 32.1 Å². The summed E-state index contributed by atoms with van der Waals surface area (Å²) in [4.78, 5) is 14.0. The van der Waals surface area contributed by atoms with Crippen LogP contribution in [0.5, 0.6) is 0 Å². The average Bonchev–Trinajstić information content (AvgIpc) is 2.41. The fourth-order valence-corrected chi connectivity index (χ4v) is 3.93. The highest BCUT2D eigenvalue weighted by atomic mass is 16.6. The van der Waals surface area contributed by atoms with Crippen LogP contribution in [0.15, 0.2) is 0 Å². The molecule has 0 aromatic carbocycles. The Morgan fingerprint density at radius 1 is 1.04 bits per heavy atom. The van der Waals surface area contributed by atoms with Gasteiger partial charge >= 0.3 is 6.09 Å². The molecule has 1 heterocycles. The summed E-state index contributed by atoms with van der Waals surface area (Å²) < 4.78 is 5.47. The van der Waals surface area contributed by atoms with Gasteiger partial charge in [-0.25, -0.2) is 4.79 Å². The van der Waals surface area contributed by atoms with Crippen molar-refractivity contribution in [3.63, 3.8) is 0 Å². The first-order valence-electron chi connectivity index (χ1n) is 9.14. The summed E-state index contributed by atoms with van der Waals surface area (Å²) in [6, 6.07) is 0. The third-order valence-electron chi connectivity index (χ3n) is 5.30. The molecular formula is C18H34N2O3. The normalized spacial score (nSPS) is 29.5. The van der Waals surface area contributed by atoms with Crippen LogP contribution in [0.25, 0.3) is 0 Å². The molecule has 1 amide bonds. The van der Waals surface area contributed by atoms with Crippen LogP contribution in [-0.2, 0) is 4.74 Å². The molecule has 1 aliphatic carbocycles. The molecule has 0 bridgehead atoms. The van der Waals surface area contributed by atoms with Gasteiger partial charge in [-0.1, -0.05) is 32.1 Å². The Morgan fingerprint density at radius 2 is 1.61 bits per heavy atom. The van der Waals surface area contributed by atoms with E-state index in [4.69, 9.17) is 10.5 Å². The molecule has 0 aromatic rings. The smallest absolute Gasteiger partial charge is 0.410 e. The van der Waals surface area contributed by atoms with Gasteiger partial charge in [0.15, 0.2) is 0 Å². The van der Waals surface area contributed by atoms with Gasteiger partial charge in [-0.05, 0) is 46.5 Å². The molecule has 5 nitrogen and oxygen atoms in total. The van der Waals surface area contributed by atoms with E-state index < -0.39 is 16.7 Å². The maximum absolute atomic E-state index is 12.4. The lowest BCUT2D eigenvalue weighted by Crippen LogP contribution is -2.67. The van der Waals surface area contributed by atoms with Crippen LogP contribution in [0.4, 0.5) is 4.79 Å². The topological polar surface area (TPSA) is 75.8 Å². The maximum atomic E-state index is 12.4. The van der Waals surface area contributed by atoms with Crippen molar-refractivity contribution in [1.82, 2.24) is 4.90 Å². The number of β-amino-alcohol motifs (C(OH)–C–C–N with tert-alkyl or cyclic N) is 1. The zero-order valence-electron chi connectivity index (χ0n) is 15.1. The number of hydrogen-bond acceptors (Lipinski definition) is 4. The van der Waals surface area contributed by atoms with Gasteiger partial charge in [0.05, 0.1) is 6.54 Å². The fourth-order valence-electron chi connectivity index (χ4n) is 3.93. The molecule has 2 fully saturated rings. The molecular weight excluding hydrogens is 292 g/mol. The van der Waals surface area contributed by atoms with Gasteiger partial charge in [-0.2, -0.15) is 0 Å². The van der Waals surface area contributed by atoms with Crippen LogP contribution in [-0.4, -0.2) is 45.9 Å². The van der Waals surface area contributed by atoms with Gasteiger partial charge in [0, 0.05) is 12.1 Å². The first-order chi connectivity index (χ1) is 10.7. The average molecular weight is 326 g/mol. The summed E-state index contributed by atoms with van der Waals surface area (Å²) in [5.74, 6) is 0. The van der Waals surface area contributed by atoms with E-state index in [1.54, 1.807) is 4.90 Å². The molecule has 0 aromatic heterocycles. The van der Waals surface area contributed by atoms with Crippen molar-refractivity contribution in [2.45, 2.75) is 95.3 Å². The molecule has 1 saturated heterocycles. The number of likely N-dealkylation sites (tertiary alicyclic amines) is 1. The van der Waals surface area contributed by atoms with Crippen molar-refractivity contribution in [1.29, 1.82) is 0 Å². The van der Waals surface area contributed by atoms with Crippen LogP contribution in [0.2, 0.25) is 0 Å². The van der Waals surface area contributed by atoms with Gasteiger partial charge in [-0.3, -0.25) is 0 Å². The molecule has 2 rings (SSSR count). The number of nitrogens with two attached hydrogens (primary N) is 1. The van der Waals surface area contributed by atoms with E-state index in [1.165, 1.54) is 19.3 Å². The molecule has 1 atom stereocenters. The fraction of sp³-hybridized carbons (Fsp3) is 0.944. The standard InChI is InChI=1S/C18H34N2O3/c1-16(2,3)23-15(21)20-13-9-12-18(22,14-20)17(19)10-7-5-4-6-8-11-17/h22H,4-14,19H2,1-3H3. The molecule has 1 unspecified atom stereocenters. The molecule has 134 valence electrons. The van der Waals surface area contributed by atoms with Crippen molar-refractivity contribution >= 4 is 6.09 Å². The summed E-state index contributed by atoms with van der Waals surface area (Å²) in [6.07, 6.45) is 8.53. The second-order valence-corrected chi connectivity index (χ2v) is 8.46. The molecule has 23 heavy (non-hydrogen) atoms. The molecule has 5 heteroatoms. The lowest BCUT2D eigenvalue weighted by Gasteiger charge is -2.50. The highest BCUT2D eigenvalue weighted by Gasteiger charge is 2.50. The van der Waals surface area contributed by atoms with Crippen molar-refractivity contribution in [3.8, 4) is 0 Å². The lowest BCUT2D eigenvalue weighted by molar-refractivity contribution is -0.0957. The van der Waals surface area contributed by atoms with E-state index in [2.05, 4.69) is 0 Å². The number of amides is 1. The Hall–Kier alpha value is -0.810.